The average Bonchev–Trinajstić information content (AvgIpc) is 3.33. The third kappa shape index (κ3) is 5.76. The quantitative estimate of drug-likeness (QED) is 0.410. The topological polar surface area (TPSA) is 162 Å². The van der Waals surface area contributed by atoms with Gasteiger partial charge in [0.2, 0.25) is 0 Å². The molecule has 15 nitrogen and oxygen atoms in total. The maximum absolute atomic E-state index is 11.4. The van der Waals surface area contributed by atoms with Crippen LogP contribution < -0.4 is 0 Å². The molecular formula is C20H32O15S2. The normalized spacial score (nSPS) is 49.0. The van der Waals surface area contributed by atoms with Gasteiger partial charge < -0.3 is 37.9 Å². The Hall–Kier alpha value is -0.380. The molecule has 6 aliphatic heterocycles. The first kappa shape index (κ1) is 28.2. The number of hydrogen-bond acceptors (Lipinski definition) is 15. The van der Waals surface area contributed by atoms with Crippen molar-refractivity contribution in [1.82, 2.24) is 0 Å². The lowest BCUT2D eigenvalue weighted by molar-refractivity contribution is -0.273. The van der Waals surface area contributed by atoms with Gasteiger partial charge in [0, 0.05) is 14.2 Å². The first-order valence-electron chi connectivity index (χ1n) is 11.7. The molecule has 0 aromatic rings. The van der Waals surface area contributed by atoms with Gasteiger partial charge in [-0.05, 0) is 27.7 Å². The molecule has 0 aromatic carbocycles. The van der Waals surface area contributed by atoms with Crippen molar-refractivity contribution in [3.63, 3.8) is 0 Å². The summed E-state index contributed by atoms with van der Waals surface area (Å²) in [5.74, 6) is -1.59. The van der Waals surface area contributed by atoms with Crippen LogP contribution in [-0.2, 0) is 76.4 Å². The molecule has 5 unspecified atom stereocenters. The van der Waals surface area contributed by atoms with Crippen LogP contribution in [0.3, 0.4) is 0 Å². The van der Waals surface area contributed by atoms with Crippen LogP contribution in [0.25, 0.3) is 0 Å². The molecule has 214 valence electrons. The molecule has 17 heteroatoms. The van der Waals surface area contributed by atoms with E-state index in [0.717, 1.165) is 0 Å². The second-order valence-electron chi connectivity index (χ2n) is 9.99. The van der Waals surface area contributed by atoms with E-state index in [-0.39, 0.29) is 25.4 Å². The highest BCUT2D eigenvalue weighted by molar-refractivity contribution is 7.81. The molecule has 6 aliphatic rings. The fraction of sp³-hybridized carbons (Fsp3) is 1.00. The molecule has 0 amide bonds. The van der Waals surface area contributed by atoms with Crippen molar-refractivity contribution < 1.29 is 67.3 Å². The lowest BCUT2D eigenvalue weighted by Crippen LogP contribution is -2.61. The van der Waals surface area contributed by atoms with Crippen LogP contribution in [-0.4, -0.2) is 113 Å². The molecule has 0 saturated carbocycles. The van der Waals surface area contributed by atoms with Crippen LogP contribution in [0.15, 0.2) is 0 Å². The number of methoxy groups -OCH3 is 2. The predicted octanol–water partition coefficient (Wildman–Crippen LogP) is -0.590. The molecule has 6 rings (SSSR count). The lowest BCUT2D eigenvalue weighted by atomic mass is 9.99. The van der Waals surface area contributed by atoms with E-state index in [9.17, 15) is 12.6 Å². The Morgan fingerprint density at radius 1 is 0.730 bits per heavy atom. The first-order chi connectivity index (χ1) is 17.3. The predicted molar refractivity (Wildman–Crippen MR) is 118 cm³/mol. The van der Waals surface area contributed by atoms with Crippen LogP contribution in [0, 0.1) is 0 Å². The van der Waals surface area contributed by atoms with E-state index in [4.69, 9.17) is 50.4 Å². The van der Waals surface area contributed by atoms with Crippen molar-refractivity contribution >= 4 is 21.8 Å². The molecule has 0 aromatic heterocycles. The summed E-state index contributed by atoms with van der Waals surface area (Å²) in [5.41, 5.74) is 0. The van der Waals surface area contributed by atoms with Gasteiger partial charge in [0.05, 0.1) is 13.2 Å². The summed E-state index contributed by atoms with van der Waals surface area (Å²) in [4.78, 5) is 0. The second kappa shape index (κ2) is 10.2. The van der Waals surface area contributed by atoms with E-state index in [1.807, 2.05) is 13.8 Å². The highest BCUT2D eigenvalue weighted by atomic mass is 32.3. The summed E-state index contributed by atoms with van der Waals surface area (Å²) >= 11 is -1.76. The van der Waals surface area contributed by atoms with Crippen LogP contribution in [0.1, 0.15) is 27.7 Å². The average molecular weight is 577 g/mol. The Balaban J connectivity index is 0.000000152. The summed E-state index contributed by atoms with van der Waals surface area (Å²) in [6.07, 6.45) is -5.32. The third-order valence-electron chi connectivity index (χ3n) is 6.45. The van der Waals surface area contributed by atoms with E-state index in [2.05, 4.69) is 4.18 Å². The number of ether oxygens (including phenoxy) is 8. The van der Waals surface area contributed by atoms with Crippen LogP contribution in [0.4, 0.5) is 0 Å². The van der Waals surface area contributed by atoms with Gasteiger partial charge in [-0.2, -0.15) is 12.6 Å². The minimum absolute atomic E-state index is 0.125. The van der Waals surface area contributed by atoms with Crippen molar-refractivity contribution in [3.8, 4) is 0 Å². The summed E-state index contributed by atoms with van der Waals surface area (Å²) in [7, 11) is -0.984. The lowest BCUT2D eigenvalue weighted by Gasteiger charge is -2.42. The Bertz CT molecular complexity index is 973. The van der Waals surface area contributed by atoms with Gasteiger partial charge in [0.15, 0.2) is 24.2 Å². The fourth-order valence-electron chi connectivity index (χ4n) is 5.08. The fourth-order valence-corrected chi connectivity index (χ4v) is 6.66. The van der Waals surface area contributed by atoms with Gasteiger partial charge in [-0.3, -0.25) is 8.37 Å². The third-order valence-corrected chi connectivity index (χ3v) is 8.04. The SMILES string of the molecule is CO[C@H]1OC2COS(=O)(=O)O[C@H]2[C@@H]2OC(C)(C)OC12.CO[C@H]1OC2COS(=O)O[C@H]2[C@@H]2OC(C)(C)OC12. The van der Waals surface area contributed by atoms with E-state index in [0.29, 0.717) is 0 Å². The maximum Gasteiger partial charge on any atom is 0.400 e. The zero-order valence-electron chi connectivity index (χ0n) is 21.1. The molecule has 0 spiro atoms. The van der Waals surface area contributed by atoms with E-state index < -0.39 is 82.5 Å². The van der Waals surface area contributed by atoms with E-state index in [1.54, 1.807) is 21.0 Å². The smallest absolute Gasteiger partial charge is 0.353 e. The highest BCUT2D eigenvalue weighted by Gasteiger charge is 2.59. The largest absolute Gasteiger partial charge is 0.400 e. The molecule has 37 heavy (non-hydrogen) atoms. The van der Waals surface area contributed by atoms with Gasteiger partial charge in [0.25, 0.3) is 0 Å². The summed E-state index contributed by atoms with van der Waals surface area (Å²) < 4.78 is 98.5. The molecule has 0 radical (unpaired) electrons. The first-order valence-corrected chi connectivity index (χ1v) is 14.0. The van der Waals surface area contributed by atoms with Gasteiger partial charge in [-0.1, -0.05) is 0 Å². The van der Waals surface area contributed by atoms with Crippen molar-refractivity contribution in [2.24, 2.45) is 0 Å². The van der Waals surface area contributed by atoms with E-state index >= 15 is 0 Å². The Labute approximate surface area is 217 Å². The van der Waals surface area contributed by atoms with Crippen molar-refractivity contribution in [1.29, 1.82) is 0 Å². The maximum atomic E-state index is 11.4. The van der Waals surface area contributed by atoms with Crippen molar-refractivity contribution in [3.05, 3.63) is 0 Å². The molecule has 6 heterocycles. The van der Waals surface area contributed by atoms with Gasteiger partial charge in [-0.15, -0.1) is 0 Å². The standard InChI is InChI=1S/C10H16O8S.C10H16O7S/c1-10(2)16-7-6-5(4-14-19(11,12)18-6)15-9(13-3)8(7)17-10;1-10(2)15-7-6-5(4-13-18(11)17-6)14-9(12-3)8(7)16-10/h5-9H,4H2,1-3H3;5-9H,4H2,1-3H3/t5?,6-,7+,8?,9+;5?,6-,7+,8?,9+,18?/m11/s1. The zero-order chi connectivity index (χ0) is 26.8. The monoisotopic (exact) mass is 576 g/mol. The van der Waals surface area contributed by atoms with Gasteiger partial charge >= 0.3 is 21.8 Å². The molecule has 0 aliphatic carbocycles. The second-order valence-corrected chi connectivity index (χ2v) is 12.1. The van der Waals surface area contributed by atoms with E-state index in [1.165, 1.54) is 7.11 Å². The molecule has 6 saturated heterocycles. The summed E-state index contributed by atoms with van der Waals surface area (Å²) in [5, 5.41) is 0. The van der Waals surface area contributed by atoms with Crippen LogP contribution >= 0.6 is 0 Å². The van der Waals surface area contributed by atoms with Crippen LogP contribution in [0.2, 0.25) is 0 Å². The Kier molecular flexibility index (Phi) is 7.78. The number of fused-ring (bicyclic) bond motifs is 6. The number of hydrogen-bond donors (Lipinski definition) is 0. The molecule has 0 N–H and O–H groups in total. The minimum atomic E-state index is -4.01. The molecular weight excluding hydrogens is 544 g/mol. The van der Waals surface area contributed by atoms with Crippen LogP contribution in [0.5, 0.6) is 0 Å². The Morgan fingerprint density at radius 3 is 1.76 bits per heavy atom. The summed E-state index contributed by atoms with van der Waals surface area (Å²) in [6, 6.07) is 0. The van der Waals surface area contributed by atoms with Gasteiger partial charge in [-0.25, -0.2) is 8.37 Å². The number of rotatable bonds is 2. The molecule has 0 bridgehead atoms. The summed E-state index contributed by atoms with van der Waals surface area (Å²) in [6.45, 7) is 7.15. The molecule has 6 fully saturated rings. The van der Waals surface area contributed by atoms with Crippen molar-refractivity contribution in [2.75, 3.05) is 27.4 Å². The Morgan fingerprint density at radius 2 is 1.22 bits per heavy atom. The highest BCUT2D eigenvalue weighted by Crippen LogP contribution is 2.41. The van der Waals surface area contributed by atoms with Crippen molar-refractivity contribution in [2.45, 2.75) is 101 Å². The van der Waals surface area contributed by atoms with Gasteiger partial charge in [0.1, 0.15) is 48.8 Å². The zero-order valence-corrected chi connectivity index (χ0v) is 22.8. The minimum Gasteiger partial charge on any atom is -0.353 e. The molecule has 11 atom stereocenters.